The molecule has 0 unspecified atom stereocenters. The van der Waals surface area contributed by atoms with Crippen LogP contribution >= 0.6 is 0 Å². The van der Waals surface area contributed by atoms with Gasteiger partial charge in [-0.15, -0.1) is 0 Å². The predicted octanol–water partition coefficient (Wildman–Crippen LogP) is 5.79. The van der Waals surface area contributed by atoms with E-state index in [2.05, 4.69) is 15.0 Å². The van der Waals surface area contributed by atoms with Gasteiger partial charge in [-0.25, -0.2) is 22.6 Å². The number of benzene rings is 1. The maximum absolute atomic E-state index is 17.6. The summed E-state index contributed by atoms with van der Waals surface area (Å²) in [7, 11) is -4.22. The van der Waals surface area contributed by atoms with Crippen molar-refractivity contribution >= 4 is 44.6 Å². The highest BCUT2D eigenvalue weighted by Gasteiger charge is 2.72. The molecule has 3 N–H and O–H groups in total. The molecular formula is C41H54F3N5O9S. The molecule has 2 aromatic rings. The molecule has 324 valence electrons. The van der Waals surface area contributed by atoms with E-state index in [9.17, 15) is 27.9 Å². The zero-order valence-electron chi connectivity index (χ0n) is 34.4. The molecule has 4 amide bonds. The van der Waals surface area contributed by atoms with Crippen molar-refractivity contribution in [3.8, 4) is 11.6 Å². The van der Waals surface area contributed by atoms with Crippen LogP contribution in [-0.4, -0.2) is 105 Å². The number of carbonyl (C=O) groups excluding carboxylic acids is 3. The molecule has 3 fully saturated rings. The Kier molecular flexibility index (Phi) is 11.8. The standard InChI is InChI=1S/C41H54F3N5O9S/c1-8-25-18-24(5)12-10-11-13-27-21-40(27,36(52)47-59(55,56)38(6)15-16-38)46-33(50)32-41(43,44)39(7,22-48(32)35(51)31(25)49(23(3)4)37(53)54)58-34-28-20-29(42)30(57-9-2)19-26(28)14-17-45-34/h11,13-14,17,19-20,23-25,27,31-32H,8-10,12,15-16,18,21-22H2,1-7H3,(H,46,50)(H,47,52)(H,53,54)/b13-11-/t24-,25-,27-,31+,32+,39-,40-/m1/s1. The van der Waals surface area contributed by atoms with Crippen molar-refractivity contribution in [2.75, 3.05) is 13.2 Å². The number of allylic oxidation sites excluding steroid dienone is 1. The van der Waals surface area contributed by atoms with E-state index in [0.29, 0.717) is 42.4 Å². The molecule has 2 aliphatic heterocycles. The Hall–Kier alpha value is -4.61. The SMILES string of the molecule is CCOc1cc2ccnc(O[C@]3(C)CN4C(=O)[C@@H](N(C(=O)O)C(C)C)[C@H](CC)C[C@H](C)CC/C=C\[C@@H]5C[C@@]5(C(=O)NS(=O)(=O)C5(C)CC5)NC(=O)[C@H]4C3(F)F)c2cc1F. The molecule has 6 rings (SSSR count). The van der Waals surface area contributed by atoms with Gasteiger partial charge in [-0.1, -0.05) is 32.4 Å². The highest BCUT2D eigenvalue weighted by molar-refractivity contribution is 7.91. The number of sulfonamides is 1. The number of amides is 4. The van der Waals surface area contributed by atoms with E-state index in [4.69, 9.17) is 9.47 Å². The fourth-order valence-corrected chi connectivity index (χ4v) is 9.86. The van der Waals surface area contributed by atoms with Gasteiger partial charge in [0.05, 0.1) is 17.9 Å². The molecule has 7 atom stereocenters. The van der Waals surface area contributed by atoms with Gasteiger partial charge < -0.3 is 24.8 Å². The minimum absolute atomic E-state index is 0.00529. The van der Waals surface area contributed by atoms with Crippen LogP contribution < -0.4 is 19.5 Å². The number of nitrogens with one attached hydrogen (secondary N) is 2. The van der Waals surface area contributed by atoms with E-state index in [-0.39, 0.29) is 36.5 Å². The van der Waals surface area contributed by atoms with Gasteiger partial charge in [0, 0.05) is 23.5 Å². The number of fused-ring (bicyclic) bond motifs is 3. The van der Waals surface area contributed by atoms with E-state index in [1.54, 1.807) is 39.8 Å². The van der Waals surface area contributed by atoms with Crippen LogP contribution in [-0.2, 0) is 24.4 Å². The third kappa shape index (κ3) is 7.92. The first-order valence-corrected chi connectivity index (χ1v) is 21.7. The quantitative estimate of drug-likeness (QED) is 0.248. The van der Waals surface area contributed by atoms with Crippen LogP contribution in [0.1, 0.15) is 93.4 Å². The molecule has 14 nitrogen and oxygen atoms in total. The molecule has 4 aliphatic rings. The van der Waals surface area contributed by atoms with Crippen molar-refractivity contribution in [3.05, 3.63) is 42.4 Å². The van der Waals surface area contributed by atoms with Crippen LogP contribution in [0.2, 0.25) is 0 Å². The van der Waals surface area contributed by atoms with Gasteiger partial charge in [-0.2, -0.15) is 8.78 Å². The summed E-state index contributed by atoms with van der Waals surface area (Å²) in [5.41, 5.74) is -4.72. The van der Waals surface area contributed by atoms with Crippen molar-refractivity contribution in [3.63, 3.8) is 0 Å². The molecule has 0 spiro atoms. The second kappa shape index (κ2) is 15.8. The Balaban J connectivity index is 1.49. The van der Waals surface area contributed by atoms with E-state index in [1.165, 1.54) is 25.3 Å². The van der Waals surface area contributed by atoms with Crippen molar-refractivity contribution in [2.45, 2.75) is 133 Å². The largest absolute Gasteiger partial charge is 0.491 e. The molecule has 0 radical (unpaired) electrons. The number of pyridine rings is 1. The first-order chi connectivity index (χ1) is 27.6. The molecule has 18 heteroatoms. The second-order valence-corrected chi connectivity index (χ2v) is 19.5. The number of nitrogens with zero attached hydrogens (tertiary/aromatic N) is 3. The smallest absolute Gasteiger partial charge is 0.408 e. The summed E-state index contributed by atoms with van der Waals surface area (Å²) in [5, 5.41) is 13.3. The lowest BCUT2D eigenvalue weighted by atomic mass is 9.83. The minimum atomic E-state index is -4.29. The highest BCUT2D eigenvalue weighted by Crippen LogP contribution is 2.50. The summed E-state index contributed by atoms with van der Waals surface area (Å²) >= 11 is 0. The van der Waals surface area contributed by atoms with Crippen LogP contribution in [0, 0.1) is 23.6 Å². The Bertz CT molecular complexity index is 2150. The maximum atomic E-state index is 17.6. The summed E-state index contributed by atoms with van der Waals surface area (Å²) in [5.74, 6) is -10.8. The minimum Gasteiger partial charge on any atom is -0.491 e. The Morgan fingerprint density at radius 2 is 1.86 bits per heavy atom. The van der Waals surface area contributed by atoms with Crippen molar-refractivity contribution in [2.24, 2.45) is 17.8 Å². The van der Waals surface area contributed by atoms with Crippen LogP contribution in [0.25, 0.3) is 10.8 Å². The number of hydrogen-bond donors (Lipinski definition) is 3. The van der Waals surface area contributed by atoms with Crippen molar-refractivity contribution in [1.82, 2.24) is 24.8 Å². The van der Waals surface area contributed by atoms with Gasteiger partial charge in [-0.05, 0) is 109 Å². The Morgan fingerprint density at radius 3 is 2.47 bits per heavy atom. The Morgan fingerprint density at radius 1 is 1.17 bits per heavy atom. The lowest BCUT2D eigenvalue weighted by Crippen LogP contribution is -2.63. The van der Waals surface area contributed by atoms with E-state index < -0.39 is 104 Å². The van der Waals surface area contributed by atoms with E-state index in [0.717, 1.165) is 17.9 Å². The molecule has 2 saturated carbocycles. The van der Waals surface area contributed by atoms with E-state index in [1.807, 2.05) is 6.92 Å². The summed E-state index contributed by atoms with van der Waals surface area (Å²) in [6, 6.07) is -1.12. The fraction of sp³-hybridized carbons (Fsp3) is 0.634. The maximum Gasteiger partial charge on any atom is 0.408 e. The van der Waals surface area contributed by atoms with E-state index >= 15 is 18.0 Å². The number of carboxylic acid groups (broad SMARTS) is 1. The molecule has 59 heavy (non-hydrogen) atoms. The van der Waals surface area contributed by atoms with Gasteiger partial charge in [0.2, 0.25) is 27.7 Å². The van der Waals surface area contributed by atoms with Crippen LogP contribution in [0.3, 0.4) is 0 Å². The third-order valence-electron chi connectivity index (χ3n) is 12.6. The summed E-state index contributed by atoms with van der Waals surface area (Å²) in [6.45, 7) is 10.1. The number of carbonyl (C=O) groups is 4. The molecular weight excluding hydrogens is 796 g/mol. The van der Waals surface area contributed by atoms with Crippen LogP contribution in [0.4, 0.5) is 18.0 Å². The topological polar surface area (TPSA) is 185 Å². The zero-order chi connectivity index (χ0) is 43.5. The first kappa shape index (κ1) is 44.0. The van der Waals surface area contributed by atoms with Gasteiger partial charge in [0.15, 0.2) is 23.2 Å². The molecule has 0 bridgehead atoms. The lowest BCUT2D eigenvalue weighted by molar-refractivity contribution is -0.163. The molecule has 1 saturated heterocycles. The summed E-state index contributed by atoms with van der Waals surface area (Å²) in [6.07, 6.45) is 5.46. The third-order valence-corrected chi connectivity index (χ3v) is 14.7. The molecule has 2 aliphatic carbocycles. The number of alkyl halides is 2. The molecule has 1 aromatic heterocycles. The number of ether oxygens (including phenoxy) is 2. The predicted molar refractivity (Wildman–Crippen MR) is 211 cm³/mol. The number of halogens is 3. The normalized spacial score (nSPS) is 30.9. The average molecular weight is 850 g/mol. The fourth-order valence-electron chi connectivity index (χ4n) is 8.55. The average Bonchev–Trinajstić information content (AvgIpc) is 4.05. The number of aromatic nitrogens is 1. The van der Waals surface area contributed by atoms with Crippen LogP contribution in [0.5, 0.6) is 11.6 Å². The lowest BCUT2D eigenvalue weighted by Gasteiger charge is -2.40. The number of hydrogen-bond acceptors (Lipinski definition) is 9. The highest BCUT2D eigenvalue weighted by atomic mass is 32.2. The van der Waals surface area contributed by atoms with Gasteiger partial charge in [0.25, 0.3) is 5.91 Å². The second-order valence-electron chi connectivity index (χ2n) is 17.3. The summed E-state index contributed by atoms with van der Waals surface area (Å²) in [4.78, 5) is 62.4. The summed E-state index contributed by atoms with van der Waals surface area (Å²) < 4.78 is 89.0. The number of rotatable bonds is 10. The van der Waals surface area contributed by atoms with Gasteiger partial charge >= 0.3 is 12.0 Å². The zero-order valence-corrected chi connectivity index (χ0v) is 35.2. The molecule has 1 aromatic carbocycles. The van der Waals surface area contributed by atoms with Crippen molar-refractivity contribution in [1.29, 1.82) is 0 Å². The van der Waals surface area contributed by atoms with Crippen molar-refractivity contribution < 1.29 is 55.3 Å². The van der Waals surface area contributed by atoms with Gasteiger partial charge in [-0.3, -0.25) is 24.0 Å². The first-order valence-electron chi connectivity index (χ1n) is 20.2. The van der Waals surface area contributed by atoms with Crippen LogP contribution in [0.15, 0.2) is 36.5 Å². The molecule has 3 heterocycles. The van der Waals surface area contributed by atoms with Gasteiger partial charge in [0.1, 0.15) is 11.6 Å². The Labute approximate surface area is 342 Å². The monoisotopic (exact) mass is 849 g/mol.